The fraction of sp³-hybridized carbons (Fsp3) is 0.538. The highest BCUT2D eigenvalue weighted by Gasteiger charge is 2.35. The highest BCUT2D eigenvalue weighted by atomic mass is 35.5. The SMILES string of the molecule is CN(C1CCCCC1Cl)S(=O)(=O)c1cc(F)ccc1F. The number of benzene rings is 1. The second-order valence-electron chi connectivity index (χ2n) is 4.96. The molecular weight excluding hydrogens is 308 g/mol. The lowest BCUT2D eigenvalue weighted by Crippen LogP contribution is -2.44. The van der Waals surface area contributed by atoms with Crippen LogP contribution in [-0.2, 0) is 10.0 Å². The molecule has 0 heterocycles. The lowest BCUT2D eigenvalue weighted by Gasteiger charge is -2.34. The van der Waals surface area contributed by atoms with E-state index in [9.17, 15) is 17.2 Å². The van der Waals surface area contributed by atoms with Crippen molar-refractivity contribution in [2.24, 2.45) is 0 Å². The molecular formula is C13H16ClF2NO2S. The molecule has 1 aromatic rings. The summed E-state index contributed by atoms with van der Waals surface area (Å²) < 4.78 is 52.8. The van der Waals surface area contributed by atoms with Crippen molar-refractivity contribution in [3.8, 4) is 0 Å². The van der Waals surface area contributed by atoms with E-state index in [1.165, 1.54) is 7.05 Å². The summed E-state index contributed by atoms with van der Waals surface area (Å²) in [5.41, 5.74) is 0. The van der Waals surface area contributed by atoms with Gasteiger partial charge in [-0.2, -0.15) is 4.31 Å². The van der Waals surface area contributed by atoms with Crippen LogP contribution in [0, 0.1) is 11.6 Å². The molecule has 7 heteroatoms. The number of rotatable bonds is 3. The predicted molar refractivity (Wildman–Crippen MR) is 73.2 cm³/mol. The summed E-state index contributed by atoms with van der Waals surface area (Å²) in [6, 6.07) is 2.01. The minimum Gasteiger partial charge on any atom is -0.207 e. The smallest absolute Gasteiger partial charge is 0.207 e. The summed E-state index contributed by atoms with van der Waals surface area (Å²) in [7, 11) is -2.72. The number of sulfonamides is 1. The molecule has 0 N–H and O–H groups in total. The first-order valence-electron chi connectivity index (χ1n) is 6.41. The normalized spacial score (nSPS) is 24.1. The summed E-state index contributed by atoms with van der Waals surface area (Å²) in [6.07, 6.45) is 3.17. The molecule has 1 aliphatic rings. The Labute approximate surface area is 122 Å². The summed E-state index contributed by atoms with van der Waals surface area (Å²) in [5.74, 6) is -1.75. The number of nitrogens with zero attached hydrogens (tertiary/aromatic N) is 1. The molecule has 0 spiro atoms. The van der Waals surface area contributed by atoms with Crippen LogP contribution in [0.5, 0.6) is 0 Å². The van der Waals surface area contributed by atoms with Crippen molar-refractivity contribution in [3.05, 3.63) is 29.8 Å². The fourth-order valence-electron chi connectivity index (χ4n) is 2.48. The maximum Gasteiger partial charge on any atom is 0.246 e. The van der Waals surface area contributed by atoms with Gasteiger partial charge in [0.05, 0.1) is 5.38 Å². The highest BCUT2D eigenvalue weighted by Crippen LogP contribution is 2.30. The predicted octanol–water partition coefficient (Wildman–Crippen LogP) is 3.14. The van der Waals surface area contributed by atoms with E-state index in [4.69, 9.17) is 11.6 Å². The molecule has 2 atom stereocenters. The van der Waals surface area contributed by atoms with E-state index >= 15 is 0 Å². The first-order valence-corrected chi connectivity index (χ1v) is 8.29. The van der Waals surface area contributed by atoms with Crippen molar-refractivity contribution in [2.75, 3.05) is 7.05 Å². The van der Waals surface area contributed by atoms with E-state index in [2.05, 4.69) is 0 Å². The van der Waals surface area contributed by atoms with E-state index in [-0.39, 0.29) is 5.38 Å². The molecule has 2 rings (SSSR count). The van der Waals surface area contributed by atoms with Crippen LogP contribution < -0.4 is 0 Å². The van der Waals surface area contributed by atoms with E-state index in [1.807, 2.05) is 0 Å². The summed E-state index contributed by atoms with van der Waals surface area (Å²) in [6.45, 7) is 0. The van der Waals surface area contributed by atoms with Gasteiger partial charge in [-0.15, -0.1) is 11.6 Å². The van der Waals surface area contributed by atoms with Gasteiger partial charge in [0, 0.05) is 13.1 Å². The van der Waals surface area contributed by atoms with Gasteiger partial charge in [0.1, 0.15) is 16.5 Å². The Bertz CT molecular complexity index is 594. The maximum atomic E-state index is 13.7. The Hall–Kier alpha value is -0.720. The molecule has 0 bridgehead atoms. The largest absolute Gasteiger partial charge is 0.246 e. The Balaban J connectivity index is 2.36. The van der Waals surface area contributed by atoms with Gasteiger partial charge in [0.25, 0.3) is 0 Å². The first kappa shape index (κ1) is 15.7. The number of hydrogen-bond donors (Lipinski definition) is 0. The van der Waals surface area contributed by atoms with Gasteiger partial charge in [-0.1, -0.05) is 12.8 Å². The Morgan fingerprint density at radius 2 is 1.90 bits per heavy atom. The van der Waals surface area contributed by atoms with Gasteiger partial charge in [-0.05, 0) is 31.0 Å². The summed E-state index contributed by atoms with van der Waals surface area (Å²) in [5, 5.41) is -0.305. The summed E-state index contributed by atoms with van der Waals surface area (Å²) in [4.78, 5) is -0.644. The average Bonchev–Trinajstić information content (AvgIpc) is 2.41. The van der Waals surface area contributed by atoms with Crippen molar-refractivity contribution >= 4 is 21.6 Å². The van der Waals surface area contributed by atoms with Crippen LogP contribution in [0.3, 0.4) is 0 Å². The second kappa shape index (κ2) is 5.95. The molecule has 0 saturated heterocycles. The Morgan fingerprint density at radius 3 is 2.55 bits per heavy atom. The molecule has 0 aliphatic heterocycles. The number of halogens is 3. The van der Waals surface area contributed by atoms with Gasteiger partial charge >= 0.3 is 0 Å². The molecule has 1 saturated carbocycles. The maximum absolute atomic E-state index is 13.7. The van der Waals surface area contributed by atoms with Crippen molar-refractivity contribution in [1.29, 1.82) is 0 Å². The number of hydrogen-bond acceptors (Lipinski definition) is 2. The van der Waals surface area contributed by atoms with E-state index < -0.39 is 32.6 Å². The molecule has 3 nitrogen and oxygen atoms in total. The third-order valence-electron chi connectivity index (χ3n) is 3.66. The molecule has 0 radical (unpaired) electrons. The number of alkyl halides is 1. The second-order valence-corrected chi connectivity index (χ2v) is 7.49. The highest BCUT2D eigenvalue weighted by molar-refractivity contribution is 7.89. The lowest BCUT2D eigenvalue weighted by atomic mass is 9.95. The van der Waals surface area contributed by atoms with Gasteiger partial charge in [0.15, 0.2) is 0 Å². The Kier molecular flexibility index (Phi) is 4.66. The van der Waals surface area contributed by atoms with Gasteiger partial charge in [0.2, 0.25) is 10.0 Å². The van der Waals surface area contributed by atoms with Crippen LogP contribution in [0.1, 0.15) is 25.7 Å². The Morgan fingerprint density at radius 1 is 1.25 bits per heavy atom. The fourth-order valence-corrected chi connectivity index (χ4v) is 4.50. The zero-order valence-electron chi connectivity index (χ0n) is 11.0. The van der Waals surface area contributed by atoms with Crippen LogP contribution >= 0.6 is 11.6 Å². The van der Waals surface area contributed by atoms with Crippen LogP contribution in [0.15, 0.2) is 23.1 Å². The molecule has 1 aromatic carbocycles. The van der Waals surface area contributed by atoms with Crippen molar-refractivity contribution in [3.63, 3.8) is 0 Å². The molecule has 20 heavy (non-hydrogen) atoms. The van der Waals surface area contributed by atoms with Crippen molar-refractivity contribution in [1.82, 2.24) is 4.31 Å². The van der Waals surface area contributed by atoms with E-state index in [0.717, 1.165) is 35.7 Å². The topological polar surface area (TPSA) is 37.4 Å². The minimum atomic E-state index is -4.09. The first-order chi connectivity index (χ1) is 9.34. The monoisotopic (exact) mass is 323 g/mol. The molecule has 1 fully saturated rings. The van der Waals surface area contributed by atoms with E-state index in [1.54, 1.807) is 0 Å². The molecule has 0 amide bonds. The average molecular weight is 324 g/mol. The van der Waals surface area contributed by atoms with Gasteiger partial charge in [-0.3, -0.25) is 0 Å². The zero-order valence-corrected chi connectivity index (χ0v) is 12.6. The van der Waals surface area contributed by atoms with Crippen molar-refractivity contribution in [2.45, 2.75) is 42.0 Å². The van der Waals surface area contributed by atoms with Crippen LogP contribution in [0.2, 0.25) is 0 Å². The molecule has 1 aliphatic carbocycles. The standard InChI is InChI=1S/C13H16ClF2NO2S/c1-17(12-5-3-2-4-10(12)14)20(18,19)13-8-9(15)6-7-11(13)16/h6-8,10,12H,2-5H2,1H3. The quantitative estimate of drug-likeness (QED) is 0.801. The minimum absolute atomic E-state index is 0.305. The lowest BCUT2D eigenvalue weighted by molar-refractivity contribution is 0.290. The van der Waals surface area contributed by atoms with E-state index in [0.29, 0.717) is 12.5 Å². The van der Waals surface area contributed by atoms with Crippen LogP contribution in [0.4, 0.5) is 8.78 Å². The van der Waals surface area contributed by atoms with Crippen LogP contribution in [-0.4, -0.2) is 31.2 Å². The summed E-state index contributed by atoms with van der Waals surface area (Å²) >= 11 is 6.17. The molecule has 2 unspecified atom stereocenters. The molecule has 0 aromatic heterocycles. The third-order valence-corrected chi connectivity index (χ3v) is 6.07. The zero-order chi connectivity index (χ0) is 14.9. The van der Waals surface area contributed by atoms with Gasteiger partial charge < -0.3 is 0 Å². The van der Waals surface area contributed by atoms with Crippen molar-refractivity contribution < 1.29 is 17.2 Å². The van der Waals surface area contributed by atoms with Gasteiger partial charge in [-0.25, -0.2) is 17.2 Å². The molecule has 112 valence electrons. The third kappa shape index (κ3) is 2.97. The van der Waals surface area contributed by atoms with Crippen LogP contribution in [0.25, 0.3) is 0 Å².